The van der Waals surface area contributed by atoms with Gasteiger partial charge in [0.1, 0.15) is 5.69 Å². The minimum atomic E-state index is -3.14. The van der Waals surface area contributed by atoms with Gasteiger partial charge in [-0.3, -0.25) is 14.4 Å². The molecule has 25 heavy (non-hydrogen) atoms. The molecular weight excluding hydrogens is 344 g/mol. The molecule has 1 aromatic heterocycles. The first-order valence-corrected chi connectivity index (χ1v) is 10.5. The predicted molar refractivity (Wildman–Crippen MR) is 93.4 cm³/mol. The molecule has 0 radical (unpaired) electrons. The second-order valence-electron chi connectivity index (χ2n) is 6.73. The van der Waals surface area contributed by atoms with Crippen LogP contribution in [0.5, 0.6) is 0 Å². The van der Waals surface area contributed by atoms with E-state index < -0.39 is 9.84 Å². The lowest BCUT2D eigenvalue weighted by Gasteiger charge is -2.43. The number of fused-ring (bicyclic) bond motifs is 1. The molecule has 0 aromatic carbocycles. The van der Waals surface area contributed by atoms with Crippen molar-refractivity contribution < 1.29 is 17.9 Å². The summed E-state index contributed by atoms with van der Waals surface area (Å²) in [5, 5.41) is 4.34. The molecule has 0 N–H and O–H groups in total. The number of hydrogen-bond acceptors (Lipinski definition) is 6. The first kappa shape index (κ1) is 18.3. The van der Waals surface area contributed by atoms with Gasteiger partial charge in [0.25, 0.3) is 5.91 Å². The highest BCUT2D eigenvalue weighted by molar-refractivity contribution is 7.91. The number of carbonyl (C=O) groups excluding carboxylic acids is 1. The number of ether oxygens (including phenoxy) is 1. The fourth-order valence-electron chi connectivity index (χ4n) is 3.87. The molecule has 2 atom stereocenters. The molecule has 1 aromatic rings. The van der Waals surface area contributed by atoms with Gasteiger partial charge in [0.2, 0.25) is 0 Å². The largest absolute Gasteiger partial charge is 0.383 e. The zero-order chi connectivity index (χ0) is 18.2. The van der Waals surface area contributed by atoms with Crippen LogP contribution in [0.1, 0.15) is 23.1 Å². The van der Waals surface area contributed by atoms with Gasteiger partial charge in [-0.2, -0.15) is 5.10 Å². The van der Waals surface area contributed by atoms with Crippen molar-refractivity contribution in [3.63, 3.8) is 0 Å². The number of rotatable bonds is 5. The molecule has 0 aliphatic carbocycles. The van der Waals surface area contributed by atoms with Crippen molar-refractivity contribution in [3.05, 3.63) is 17.5 Å². The van der Waals surface area contributed by atoms with Crippen molar-refractivity contribution in [1.82, 2.24) is 19.6 Å². The Balaban J connectivity index is 1.86. The molecule has 0 bridgehead atoms. The zero-order valence-corrected chi connectivity index (χ0v) is 15.8. The Morgan fingerprint density at radius 2 is 2.04 bits per heavy atom. The third-order valence-corrected chi connectivity index (χ3v) is 6.75. The lowest BCUT2D eigenvalue weighted by atomic mass is 10.0. The smallest absolute Gasteiger partial charge is 0.272 e. The van der Waals surface area contributed by atoms with Gasteiger partial charge in [-0.25, -0.2) is 8.42 Å². The zero-order valence-electron chi connectivity index (χ0n) is 15.0. The predicted octanol–water partition coefficient (Wildman–Crippen LogP) is -0.219. The number of sulfone groups is 1. The van der Waals surface area contributed by atoms with Crippen LogP contribution in [-0.2, 0) is 21.1 Å². The van der Waals surface area contributed by atoms with E-state index in [1.807, 2.05) is 13.8 Å². The summed E-state index contributed by atoms with van der Waals surface area (Å²) in [4.78, 5) is 17.0. The van der Waals surface area contributed by atoms with E-state index >= 15 is 0 Å². The van der Waals surface area contributed by atoms with Gasteiger partial charge < -0.3 is 9.64 Å². The molecule has 2 aliphatic rings. The highest BCUT2D eigenvalue weighted by atomic mass is 32.2. The molecule has 2 aliphatic heterocycles. The second kappa shape index (κ2) is 7.05. The van der Waals surface area contributed by atoms with Crippen LogP contribution in [0.2, 0.25) is 0 Å². The number of methoxy groups -OCH3 is 1. The highest BCUT2D eigenvalue weighted by Gasteiger charge is 2.48. The van der Waals surface area contributed by atoms with Crippen LogP contribution in [0.4, 0.5) is 0 Å². The second-order valence-corrected chi connectivity index (χ2v) is 8.88. The summed E-state index contributed by atoms with van der Waals surface area (Å²) < 4.78 is 31.3. The van der Waals surface area contributed by atoms with Crippen LogP contribution >= 0.6 is 0 Å². The molecule has 0 saturated carbocycles. The van der Waals surface area contributed by atoms with Gasteiger partial charge in [-0.05, 0) is 19.9 Å². The Hall–Kier alpha value is -1.45. The summed E-state index contributed by atoms with van der Waals surface area (Å²) in [6.07, 6.45) is 0. The maximum absolute atomic E-state index is 13.1. The molecule has 9 heteroatoms. The van der Waals surface area contributed by atoms with Gasteiger partial charge in [-0.15, -0.1) is 0 Å². The summed E-state index contributed by atoms with van der Waals surface area (Å²) >= 11 is 0. The molecule has 140 valence electrons. The van der Waals surface area contributed by atoms with Gasteiger partial charge >= 0.3 is 0 Å². The highest BCUT2D eigenvalue weighted by Crippen LogP contribution is 2.28. The molecule has 2 saturated heterocycles. The topological polar surface area (TPSA) is 84.7 Å². The van der Waals surface area contributed by atoms with E-state index in [2.05, 4.69) is 10.00 Å². The number of nitrogens with zero attached hydrogens (tertiary/aromatic N) is 4. The lowest BCUT2D eigenvalue weighted by molar-refractivity contribution is 0.0239. The molecule has 0 spiro atoms. The maximum atomic E-state index is 13.1. The van der Waals surface area contributed by atoms with Crippen LogP contribution in [0, 0.1) is 6.92 Å². The normalized spacial score (nSPS) is 26.0. The Morgan fingerprint density at radius 1 is 1.32 bits per heavy atom. The summed E-state index contributed by atoms with van der Waals surface area (Å²) in [6.45, 7) is 6.82. The van der Waals surface area contributed by atoms with Crippen LogP contribution in [0.25, 0.3) is 0 Å². The van der Waals surface area contributed by atoms with E-state index in [-0.39, 0.29) is 29.5 Å². The molecule has 3 heterocycles. The monoisotopic (exact) mass is 370 g/mol. The Kier molecular flexibility index (Phi) is 5.17. The van der Waals surface area contributed by atoms with Gasteiger partial charge in [0.05, 0.1) is 29.8 Å². The van der Waals surface area contributed by atoms with Crippen molar-refractivity contribution in [1.29, 1.82) is 0 Å². The molecule has 1 amide bonds. The third-order valence-electron chi connectivity index (χ3n) is 5.06. The number of amides is 1. The van der Waals surface area contributed by atoms with Gasteiger partial charge in [0, 0.05) is 39.3 Å². The summed E-state index contributed by atoms with van der Waals surface area (Å²) in [6, 6.07) is 1.32. The van der Waals surface area contributed by atoms with Gasteiger partial charge in [0.15, 0.2) is 9.84 Å². The van der Waals surface area contributed by atoms with Crippen molar-refractivity contribution in [2.24, 2.45) is 0 Å². The Labute approximate surface area is 148 Å². The minimum absolute atomic E-state index is 0.0339. The van der Waals surface area contributed by atoms with E-state index in [0.717, 1.165) is 5.69 Å². The van der Waals surface area contributed by atoms with E-state index in [0.29, 0.717) is 38.5 Å². The van der Waals surface area contributed by atoms with Crippen LogP contribution in [-0.4, -0.2) is 90.8 Å². The summed E-state index contributed by atoms with van der Waals surface area (Å²) in [5.41, 5.74) is 1.33. The molecule has 0 unspecified atom stereocenters. The lowest BCUT2D eigenvalue weighted by Crippen LogP contribution is -2.61. The Bertz CT molecular complexity index is 745. The third kappa shape index (κ3) is 3.58. The average Bonchev–Trinajstić information content (AvgIpc) is 3.10. The minimum Gasteiger partial charge on any atom is -0.383 e. The fourth-order valence-corrected chi connectivity index (χ4v) is 5.88. The van der Waals surface area contributed by atoms with E-state index in [1.54, 1.807) is 22.8 Å². The van der Waals surface area contributed by atoms with Gasteiger partial charge in [-0.1, -0.05) is 0 Å². The standard InChI is InChI=1S/C16H26N4O4S/c1-4-20-13(9-12(2)17-20)16(21)19-6-5-18(7-8-24-3)14-10-25(22,23)11-15(14)19/h9,14-15H,4-8,10-11H2,1-3H3/t14-,15+/m1/s1. The molecule has 2 fully saturated rings. The van der Waals surface area contributed by atoms with Crippen molar-refractivity contribution >= 4 is 15.7 Å². The summed E-state index contributed by atoms with van der Waals surface area (Å²) in [5.74, 6) is 0.0181. The fraction of sp³-hybridized carbons (Fsp3) is 0.750. The Morgan fingerprint density at radius 3 is 2.72 bits per heavy atom. The van der Waals surface area contributed by atoms with Crippen LogP contribution in [0.3, 0.4) is 0 Å². The maximum Gasteiger partial charge on any atom is 0.272 e. The average molecular weight is 370 g/mol. The van der Waals surface area contributed by atoms with E-state index in [9.17, 15) is 13.2 Å². The van der Waals surface area contributed by atoms with Crippen molar-refractivity contribution in [3.8, 4) is 0 Å². The SMILES string of the molecule is CCn1nc(C)cc1C(=O)N1CCN(CCOC)[C@@H]2CS(=O)(=O)C[C@@H]21. The number of hydrogen-bond donors (Lipinski definition) is 0. The van der Waals surface area contributed by atoms with E-state index in [1.165, 1.54) is 0 Å². The number of aryl methyl sites for hydroxylation is 2. The van der Waals surface area contributed by atoms with E-state index in [4.69, 9.17) is 4.74 Å². The van der Waals surface area contributed by atoms with Crippen LogP contribution in [0.15, 0.2) is 6.07 Å². The van der Waals surface area contributed by atoms with Crippen LogP contribution < -0.4 is 0 Å². The molecule has 3 rings (SSSR count). The summed E-state index contributed by atoms with van der Waals surface area (Å²) in [7, 11) is -1.51. The molecular formula is C16H26N4O4S. The first-order chi connectivity index (χ1) is 11.9. The number of aromatic nitrogens is 2. The first-order valence-electron chi connectivity index (χ1n) is 8.65. The molecule has 8 nitrogen and oxygen atoms in total. The van der Waals surface area contributed by atoms with Crippen molar-refractivity contribution in [2.45, 2.75) is 32.5 Å². The van der Waals surface area contributed by atoms with Crippen molar-refractivity contribution in [2.75, 3.05) is 44.9 Å². The number of carbonyl (C=O) groups is 1. The quantitative estimate of drug-likeness (QED) is 0.713. The number of piperazine rings is 1.